The summed E-state index contributed by atoms with van der Waals surface area (Å²) in [5.41, 5.74) is 0. The van der Waals surface area contributed by atoms with E-state index in [4.69, 9.17) is 4.74 Å². The van der Waals surface area contributed by atoms with Crippen molar-refractivity contribution in [2.45, 2.75) is 25.8 Å². The van der Waals surface area contributed by atoms with Crippen molar-refractivity contribution in [2.75, 3.05) is 33.4 Å². The molecule has 4 nitrogen and oxygen atoms in total. The van der Waals surface area contributed by atoms with Crippen LogP contribution in [0.15, 0.2) is 0 Å². The van der Waals surface area contributed by atoms with E-state index in [0.717, 1.165) is 26.1 Å². The highest BCUT2D eigenvalue weighted by molar-refractivity contribution is 5.76. The molecule has 1 fully saturated rings. The van der Waals surface area contributed by atoms with Gasteiger partial charge in [-0.15, -0.1) is 0 Å². The molecule has 1 atom stereocenters. The van der Waals surface area contributed by atoms with Crippen molar-refractivity contribution < 1.29 is 9.53 Å². The molecule has 0 aromatic rings. The van der Waals surface area contributed by atoms with Gasteiger partial charge in [0.25, 0.3) is 0 Å². The minimum Gasteiger partial charge on any atom is -0.384 e. The zero-order valence-corrected chi connectivity index (χ0v) is 9.08. The van der Waals surface area contributed by atoms with Crippen LogP contribution in [0.3, 0.4) is 0 Å². The maximum atomic E-state index is 11.7. The molecule has 1 rings (SSSR count). The van der Waals surface area contributed by atoms with E-state index in [1.165, 1.54) is 0 Å². The van der Waals surface area contributed by atoms with Crippen LogP contribution in [0.5, 0.6) is 0 Å². The molecule has 0 saturated carbocycles. The Kier molecular flexibility index (Phi) is 4.90. The third kappa shape index (κ3) is 2.96. The summed E-state index contributed by atoms with van der Waals surface area (Å²) in [6, 6.07) is 0.393. The quantitative estimate of drug-likeness (QED) is 0.691. The number of nitrogens with one attached hydrogen (secondary N) is 1. The third-order valence-corrected chi connectivity index (χ3v) is 2.66. The van der Waals surface area contributed by atoms with Crippen LogP contribution < -0.4 is 5.32 Å². The highest BCUT2D eigenvalue weighted by Gasteiger charge is 2.24. The summed E-state index contributed by atoms with van der Waals surface area (Å²) in [6.07, 6.45) is 1.58. The first-order valence-electron chi connectivity index (χ1n) is 5.28. The number of carbonyl (C=O) groups is 1. The van der Waals surface area contributed by atoms with Gasteiger partial charge in [-0.1, -0.05) is 0 Å². The van der Waals surface area contributed by atoms with Crippen LogP contribution in [0.4, 0.5) is 0 Å². The summed E-state index contributed by atoms with van der Waals surface area (Å²) in [5.74, 6) is 0.211. The van der Waals surface area contributed by atoms with Crippen LogP contribution in [0, 0.1) is 0 Å². The van der Waals surface area contributed by atoms with E-state index in [0.29, 0.717) is 19.1 Å². The van der Waals surface area contributed by atoms with Gasteiger partial charge in [0.1, 0.15) is 0 Å². The monoisotopic (exact) mass is 200 g/mol. The molecule has 1 N–H and O–H groups in total. The summed E-state index contributed by atoms with van der Waals surface area (Å²) in [7, 11) is 1.63. The number of hydrogen-bond acceptors (Lipinski definition) is 3. The lowest BCUT2D eigenvalue weighted by atomic mass is 10.2. The molecule has 1 saturated heterocycles. The zero-order valence-electron chi connectivity index (χ0n) is 9.08. The molecule has 0 aromatic carbocycles. The van der Waals surface area contributed by atoms with Crippen molar-refractivity contribution in [1.29, 1.82) is 0 Å². The van der Waals surface area contributed by atoms with Gasteiger partial charge >= 0.3 is 0 Å². The highest BCUT2D eigenvalue weighted by atomic mass is 16.5. The fourth-order valence-corrected chi connectivity index (χ4v) is 1.88. The van der Waals surface area contributed by atoms with E-state index >= 15 is 0 Å². The Bertz CT molecular complexity index is 179. The molecule has 0 spiro atoms. The van der Waals surface area contributed by atoms with Crippen LogP contribution in [0.2, 0.25) is 0 Å². The number of amides is 1. The van der Waals surface area contributed by atoms with Crippen molar-refractivity contribution in [2.24, 2.45) is 0 Å². The van der Waals surface area contributed by atoms with Crippen LogP contribution >= 0.6 is 0 Å². The summed E-state index contributed by atoms with van der Waals surface area (Å²) in [4.78, 5) is 13.7. The number of nitrogens with zero attached hydrogens (tertiary/aromatic N) is 1. The van der Waals surface area contributed by atoms with Gasteiger partial charge in [-0.05, 0) is 19.9 Å². The van der Waals surface area contributed by atoms with Gasteiger partial charge in [0.2, 0.25) is 5.91 Å². The highest BCUT2D eigenvalue weighted by Crippen LogP contribution is 2.09. The first-order chi connectivity index (χ1) is 6.79. The van der Waals surface area contributed by atoms with Crippen molar-refractivity contribution >= 4 is 5.91 Å². The summed E-state index contributed by atoms with van der Waals surface area (Å²) >= 11 is 0. The Labute approximate surface area is 85.6 Å². The maximum Gasteiger partial charge on any atom is 0.225 e. The number of methoxy groups -OCH3 is 1. The van der Waals surface area contributed by atoms with Gasteiger partial charge in [-0.2, -0.15) is 0 Å². The zero-order chi connectivity index (χ0) is 10.4. The predicted molar refractivity (Wildman–Crippen MR) is 55.2 cm³/mol. The summed E-state index contributed by atoms with van der Waals surface area (Å²) < 4.78 is 4.91. The van der Waals surface area contributed by atoms with Gasteiger partial charge in [-0.3, -0.25) is 4.79 Å². The lowest BCUT2D eigenvalue weighted by Gasteiger charge is -2.27. The molecular weight excluding hydrogens is 180 g/mol. The van der Waals surface area contributed by atoms with Gasteiger partial charge in [0.15, 0.2) is 0 Å². The van der Waals surface area contributed by atoms with Crippen molar-refractivity contribution in [1.82, 2.24) is 10.2 Å². The minimum absolute atomic E-state index is 0.211. The summed E-state index contributed by atoms with van der Waals surface area (Å²) in [5, 5.41) is 3.27. The molecule has 1 heterocycles. The molecule has 1 unspecified atom stereocenters. The molecule has 0 aromatic heterocycles. The number of ether oxygens (including phenoxy) is 1. The van der Waals surface area contributed by atoms with E-state index < -0.39 is 0 Å². The second-order valence-corrected chi connectivity index (χ2v) is 3.57. The molecule has 82 valence electrons. The maximum absolute atomic E-state index is 11.7. The number of likely N-dealkylation sites (N-methyl/N-ethyl adjacent to an activating group) is 1. The van der Waals surface area contributed by atoms with Crippen molar-refractivity contribution in [3.63, 3.8) is 0 Å². The average Bonchev–Trinajstić information content (AvgIpc) is 2.69. The fraction of sp³-hybridized carbons (Fsp3) is 0.900. The standard InChI is InChI=1S/C10H20N2O2/c1-3-12(9-4-6-11-8-9)10(13)5-7-14-2/h9,11H,3-8H2,1-2H3. The molecule has 1 aliphatic heterocycles. The lowest BCUT2D eigenvalue weighted by molar-refractivity contribution is -0.133. The van der Waals surface area contributed by atoms with Crippen LogP contribution in [0.1, 0.15) is 19.8 Å². The Morgan fingerprint density at radius 3 is 2.93 bits per heavy atom. The van der Waals surface area contributed by atoms with E-state index in [9.17, 15) is 4.79 Å². The van der Waals surface area contributed by atoms with Gasteiger partial charge in [0.05, 0.1) is 13.0 Å². The summed E-state index contributed by atoms with van der Waals surface area (Å²) in [6.45, 7) is 5.32. The Hall–Kier alpha value is -0.610. The van der Waals surface area contributed by atoms with Crippen LogP contribution in [-0.2, 0) is 9.53 Å². The lowest BCUT2D eigenvalue weighted by Crippen LogP contribution is -2.41. The Balaban J connectivity index is 2.39. The number of carbonyl (C=O) groups excluding carboxylic acids is 1. The van der Waals surface area contributed by atoms with Gasteiger partial charge in [-0.25, -0.2) is 0 Å². The largest absolute Gasteiger partial charge is 0.384 e. The van der Waals surface area contributed by atoms with Gasteiger partial charge in [0, 0.05) is 26.2 Å². The van der Waals surface area contributed by atoms with Crippen LogP contribution in [0.25, 0.3) is 0 Å². The second-order valence-electron chi connectivity index (χ2n) is 3.57. The number of rotatable bonds is 5. The topological polar surface area (TPSA) is 41.6 Å². The van der Waals surface area contributed by atoms with E-state index in [1.807, 2.05) is 11.8 Å². The number of hydrogen-bond donors (Lipinski definition) is 1. The SMILES string of the molecule is CCN(C(=O)CCOC)C1CCNC1. The molecule has 0 radical (unpaired) electrons. The Morgan fingerprint density at radius 1 is 1.64 bits per heavy atom. The average molecular weight is 200 g/mol. The van der Waals surface area contributed by atoms with E-state index in [2.05, 4.69) is 5.32 Å². The predicted octanol–water partition coefficient (Wildman–Crippen LogP) is 0.233. The van der Waals surface area contributed by atoms with E-state index in [-0.39, 0.29) is 5.91 Å². The molecular formula is C10H20N2O2. The fourth-order valence-electron chi connectivity index (χ4n) is 1.88. The molecule has 4 heteroatoms. The van der Waals surface area contributed by atoms with Crippen molar-refractivity contribution in [3.05, 3.63) is 0 Å². The normalized spacial score (nSPS) is 21.1. The molecule has 1 amide bonds. The first-order valence-corrected chi connectivity index (χ1v) is 5.28. The van der Waals surface area contributed by atoms with E-state index in [1.54, 1.807) is 7.11 Å². The first kappa shape index (κ1) is 11.5. The molecule has 1 aliphatic rings. The second kappa shape index (κ2) is 5.98. The molecule has 0 aliphatic carbocycles. The molecule has 0 bridgehead atoms. The third-order valence-electron chi connectivity index (χ3n) is 2.66. The minimum atomic E-state index is 0.211. The van der Waals surface area contributed by atoms with Crippen LogP contribution in [-0.4, -0.2) is 50.2 Å². The molecule has 14 heavy (non-hydrogen) atoms. The van der Waals surface area contributed by atoms with Gasteiger partial charge < -0.3 is 15.0 Å². The van der Waals surface area contributed by atoms with Crippen molar-refractivity contribution in [3.8, 4) is 0 Å². The smallest absolute Gasteiger partial charge is 0.225 e. The Morgan fingerprint density at radius 2 is 2.43 bits per heavy atom.